The second-order valence-electron chi connectivity index (χ2n) is 5.54. The van der Waals surface area contributed by atoms with Gasteiger partial charge in [-0.25, -0.2) is 9.97 Å². The third-order valence-corrected chi connectivity index (χ3v) is 3.86. The van der Waals surface area contributed by atoms with Gasteiger partial charge in [-0.3, -0.25) is 0 Å². The standard InChI is InChI=1S/C15H25N3O/c1-4-16-9-13-10-17-15(18-12(13)3)19-14-7-5-11(2)6-8-14/h10-11,14,16H,4-9H2,1-3H3. The molecule has 0 saturated heterocycles. The van der Waals surface area contributed by atoms with Gasteiger partial charge in [0, 0.05) is 24.0 Å². The Morgan fingerprint density at radius 1 is 1.32 bits per heavy atom. The average Bonchev–Trinajstić information content (AvgIpc) is 2.41. The van der Waals surface area contributed by atoms with E-state index >= 15 is 0 Å². The summed E-state index contributed by atoms with van der Waals surface area (Å²) in [7, 11) is 0. The van der Waals surface area contributed by atoms with Crippen molar-refractivity contribution in [2.75, 3.05) is 6.54 Å². The molecule has 1 aliphatic carbocycles. The summed E-state index contributed by atoms with van der Waals surface area (Å²) in [6.07, 6.45) is 6.94. The van der Waals surface area contributed by atoms with Crippen LogP contribution in [0.2, 0.25) is 0 Å². The first kappa shape index (κ1) is 14.3. The highest BCUT2D eigenvalue weighted by atomic mass is 16.5. The summed E-state index contributed by atoms with van der Waals surface area (Å²) in [6, 6.07) is 0.539. The maximum Gasteiger partial charge on any atom is 0.316 e. The lowest BCUT2D eigenvalue weighted by molar-refractivity contribution is 0.124. The molecule has 0 unspecified atom stereocenters. The first-order valence-electron chi connectivity index (χ1n) is 7.39. The van der Waals surface area contributed by atoms with Gasteiger partial charge in [-0.1, -0.05) is 13.8 Å². The van der Waals surface area contributed by atoms with Gasteiger partial charge in [0.05, 0.1) is 0 Å². The second-order valence-corrected chi connectivity index (χ2v) is 5.54. The molecular weight excluding hydrogens is 238 g/mol. The van der Waals surface area contributed by atoms with Crippen LogP contribution in [0.25, 0.3) is 0 Å². The highest BCUT2D eigenvalue weighted by Gasteiger charge is 2.20. The lowest BCUT2D eigenvalue weighted by Crippen LogP contribution is -2.24. The first-order chi connectivity index (χ1) is 9.19. The predicted octanol–water partition coefficient (Wildman–Crippen LogP) is 2.85. The molecule has 0 amide bonds. The van der Waals surface area contributed by atoms with E-state index in [4.69, 9.17) is 4.74 Å². The van der Waals surface area contributed by atoms with Crippen molar-refractivity contribution in [3.8, 4) is 6.01 Å². The zero-order valence-electron chi connectivity index (χ0n) is 12.3. The molecule has 1 aliphatic rings. The summed E-state index contributed by atoms with van der Waals surface area (Å²) in [5.41, 5.74) is 2.15. The zero-order valence-corrected chi connectivity index (χ0v) is 12.3. The van der Waals surface area contributed by atoms with Crippen molar-refractivity contribution in [2.24, 2.45) is 5.92 Å². The van der Waals surface area contributed by atoms with Gasteiger partial charge in [-0.2, -0.15) is 0 Å². The fourth-order valence-electron chi connectivity index (χ4n) is 2.46. The van der Waals surface area contributed by atoms with E-state index in [0.29, 0.717) is 12.1 Å². The van der Waals surface area contributed by atoms with Crippen LogP contribution >= 0.6 is 0 Å². The first-order valence-corrected chi connectivity index (χ1v) is 7.39. The highest BCUT2D eigenvalue weighted by molar-refractivity contribution is 5.17. The summed E-state index contributed by atoms with van der Waals surface area (Å²) in [5, 5.41) is 3.29. The van der Waals surface area contributed by atoms with Gasteiger partial charge in [0.2, 0.25) is 0 Å². The SMILES string of the molecule is CCNCc1cnc(OC2CCC(C)CC2)nc1C. The van der Waals surface area contributed by atoms with E-state index < -0.39 is 0 Å². The van der Waals surface area contributed by atoms with E-state index in [-0.39, 0.29) is 0 Å². The number of rotatable bonds is 5. The van der Waals surface area contributed by atoms with Gasteiger partial charge >= 0.3 is 6.01 Å². The van der Waals surface area contributed by atoms with Crippen molar-refractivity contribution in [1.29, 1.82) is 0 Å². The number of hydrogen-bond acceptors (Lipinski definition) is 4. The van der Waals surface area contributed by atoms with E-state index in [1.54, 1.807) is 0 Å². The van der Waals surface area contributed by atoms with Gasteiger partial charge in [0.15, 0.2) is 0 Å². The van der Waals surface area contributed by atoms with E-state index in [1.807, 2.05) is 13.1 Å². The molecule has 1 aromatic heterocycles. The van der Waals surface area contributed by atoms with Gasteiger partial charge in [-0.05, 0) is 45.1 Å². The summed E-state index contributed by atoms with van der Waals surface area (Å²) < 4.78 is 5.90. The third-order valence-electron chi connectivity index (χ3n) is 3.86. The minimum absolute atomic E-state index is 0.301. The van der Waals surface area contributed by atoms with Gasteiger partial charge in [-0.15, -0.1) is 0 Å². The molecule has 1 heterocycles. The number of ether oxygens (including phenoxy) is 1. The minimum Gasteiger partial charge on any atom is -0.460 e. The number of hydrogen-bond donors (Lipinski definition) is 1. The van der Waals surface area contributed by atoms with Gasteiger partial charge in [0.25, 0.3) is 0 Å². The molecule has 0 spiro atoms. The number of aromatic nitrogens is 2. The highest BCUT2D eigenvalue weighted by Crippen LogP contribution is 2.26. The Morgan fingerprint density at radius 3 is 2.68 bits per heavy atom. The van der Waals surface area contributed by atoms with E-state index in [2.05, 4.69) is 29.1 Å². The van der Waals surface area contributed by atoms with Crippen LogP contribution in [0.4, 0.5) is 0 Å². The third kappa shape index (κ3) is 4.16. The number of nitrogens with one attached hydrogen (secondary N) is 1. The molecule has 106 valence electrons. The monoisotopic (exact) mass is 263 g/mol. The summed E-state index contributed by atoms with van der Waals surface area (Å²) in [5.74, 6) is 0.838. The molecule has 1 N–H and O–H groups in total. The van der Waals surface area contributed by atoms with Crippen molar-refractivity contribution in [3.63, 3.8) is 0 Å². The Morgan fingerprint density at radius 2 is 2.05 bits per heavy atom. The molecular formula is C15H25N3O. The van der Waals surface area contributed by atoms with Crippen molar-refractivity contribution < 1.29 is 4.74 Å². The maximum absolute atomic E-state index is 5.90. The van der Waals surface area contributed by atoms with Crippen LogP contribution in [0.15, 0.2) is 6.20 Å². The molecule has 4 nitrogen and oxygen atoms in total. The molecule has 2 rings (SSSR count). The molecule has 1 aromatic rings. The van der Waals surface area contributed by atoms with Crippen LogP contribution in [0, 0.1) is 12.8 Å². The molecule has 0 aromatic carbocycles. The molecule has 4 heteroatoms. The Bertz CT molecular complexity index is 400. The van der Waals surface area contributed by atoms with E-state index in [0.717, 1.165) is 43.1 Å². The van der Waals surface area contributed by atoms with Crippen LogP contribution in [0.3, 0.4) is 0 Å². The summed E-state index contributed by atoms with van der Waals surface area (Å²) >= 11 is 0. The molecule has 1 saturated carbocycles. The summed E-state index contributed by atoms with van der Waals surface area (Å²) in [6.45, 7) is 8.20. The molecule has 0 bridgehead atoms. The molecule has 19 heavy (non-hydrogen) atoms. The Balaban J connectivity index is 1.92. The fourth-order valence-corrected chi connectivity index (χ4v) is 2.46. The van der Waals surface area contributed by atoms with E-state index in [9.17, 15) is 0 Å². The van der Waals surface area contributed by atoms with Crippen LogP contribution in [0.5, 0.6) is 6.01 Å². The topological polar surface area (TPSA) is 47.0 Å². The van der Waals surface area contributed by atoms with Gasteiger partial charge in [0.1, 0.15) is 6.10 Å². The van der Waals surface area contributed by atoms with Crippen LogP contribution in [0.1, 0.15) is 50.8 Å². The minimum atomic E-state index is 0.301. The number of aryl methyl sites for hydroxylation is 1. The second kappa shape index (κ2) is 6.85. The Hall–Kier alpha value is -1.16. The van der Waals surface area contributed by atoms with Crippen molar-refractivity contribution >= 4 is 0 Å². The summed E-state index contributed by atoms with van der Waals surface area (Å²) in [4.78, 5) is 8.80. The normalized spacial score (nSPS) is 23.3. The van der Waals surface area contributed by atoms with Gasteiger partial charge < -0.3 is 10.1 Å². The Labute approximate surface area is 116 Å². The fraction of sp³-hybridized carbons (Fsp3) is 0.733. The largest absolute Gasteiger partial charge is 0.460 e. The lowest BCUT2D eigenvalue weighted by atomic mass is 9.89. The van der Waals surface area contributed by atoms with Crippen molar-refractivity contribution in [3.05, 3.63) is 17.5 Å². The maximum atomic E-state index is 5.90. The number of nitrogens with zero attached hydrogens (tertiary/aromatic N) is 2. The molecule has 0 atom stereocenters. The average molecular weight is 263 g/mol. The molecule has 1 fully saturated rings. The van der Waals surface area contributed by atoms with E-state index in [1.165, 1.54) is 12.8 Å². The van der Waals surface area contributed by atoms with Crippen LogP contribution in [-0.4, -0.2) is 22.6 Å². The quantitative estimate of drug-likeness (QED) is 0.887. The predicted molar refractivity (Wildman–Crippen MR) is 76.2 cm³/mol. The molecule has 0 aliphatic heterocycles. The lowest BCUT2D eigenvalue weighted by Gasteiger charge is -2.26. The smallest absolute Gasteiger partial charge is 0.316 e. The zero-order chi connectivity index (χ0) is 13.7. The van der Waals surface area contributed by atoms with Crippen LogP contribution in [-0.2, 0) is 6.54 Å². The van der Waals surface area contributed by atoms with Crippen LogP contribution < -0.4 is 10.1 Å². The molecule has 0 radical (unpaired) electrons. The Kier molecular flexibility index (Phi) is 5.14. The van der Waals surface area contributed by atoms with Crippen molar-refractivity contribution in [1.82, 2.24) is 15.3 Å². The van der Waals surface area contributed by atoms with Crippen molar-refractivity contribution in [2.45, 2.75) is 59.1 Å².